The molecule has 0 saturated carbocycles. The first-order valence-corrected chi connectivity index (χ1v) is 7.35. The second kappa shape index (κ2) is 6.19. The molecule has 1 aromatic heterocycles. The molecule has 2 aromatic rings. The lowest BCUT2D eigenvalue weighted by Gasteiger charge is -2.26. The van der Waals surface area contributed by atoms with Crippen LogP contribution in [0.4, 0.5) is 0 Å². The molecule has 6 nitrogen and oxygen atoms in total. The second-order valence-electron chi connectivity index (χ2n) is 4.98. The third kappa shape index (κ3) is 3.37. The summed E-state index contributed by atoms with van der Waals surface area (Å²) in [5, 5.41) is 8.50. The zero-order chi connectivity index (χ0) is 14.7. The van der Waals surface area contributed by atoms with Gasteiger partial charge in [-0.1, -0.05) is 6.42 Å². The van der Waals surface area contributed by atoms with Gasteiger partial charge in [-0.2, -0.15) is 0 Å². The Kier molecular flexibility index (Phi) is 4.12. The van der Waals surface area contributed by atoms with E-state index < -0.39 is 0 Å². The van der Waals surface area contributed by atoms with Gasteiger partial charge in [0.05, 0.1) is 0 Å². The minimum atomic E-state index is -0.0913. The highest BCUT2D eigenvalue weighted by Crippen LogP contribution is 2.17. The predicted octanol–water partition coefficient (Wildman–Crippen LogP) is 2.53. The molecule has 1 amide bonds. The van der Waals surface area contributed by atoms with E-state index in [1.54, 1.807) is 24.3 Å². The van der Waals surface area contributed by atoms with Crippen LogP contribution in [0.25, 0.3) is 11.5 Å². The molecule has 1 aromatic carbocycles. The summed E-state index contributed by atoms with van der Waals surface area (Å²) in [4.78, 5) is 12.4. The van der Waals surface area contributed by atoms with Crippen molar-refractivity contribution in [2.24, 2.45) is 0 Å². The zero-order valence-electron chi connectivity index (χ0n) is 11.5. The maximum atomic E-state index is 12.2. The van der Waals surface area contributed by atoms with E-state index in [0.29, 0.717) is 11.5 Å². The first kappa shape index (κ1) is 14.0. The number of carbonyl (C=O) groups excluding carboxylic acids is 1. The van der Waals surface area contributed by atoms with Crippen LogP contribution in [-0.4, -0.2) is 34.2 Å². The summed E-state index contributed by atoms with van der Waals surface area (Å²) in [6, 6.07) is 7.09. The lowest BCUT2D eigenvalue weighted by atomic mass is 10.1. The van der Waals surface area contributed by atoms with Crippen molar-refractivity contribution in [1.29, 1.82) is 0 Å². The average molecular weight is 304 g/mol. The van der Waals surface area contributed by atoms with Gasteiger partial charge in [0.1, 0.15) is 0 Å². The number of hydrogen-bond acceptors (Lipinski definition) is 5. The highest BCUT2D eigenvalue weighted by Gasteiger charge is 2.14. The van der Waals surface area contributed by atoms with Gasteiger partial charge in [0, 0.05) is 24.2 Å². The second-order valence-corrected chi connectivity index (χ2v) is 5.36. The Balaban J connectivity index is 1.68. The molecule has 1 saturated heterocycles. The van der Waals surface area contributed by atoms with Gasteiger partial charge in [-0.05, 0) is 49.3 Å². The highest BCUT2D eigenvalue weighted by molar-refractivity contribution is 7.71. The SMILES string of the molecule is O=C(NN1CCCCC1)c1ccc(-c2n[nH]c(=S)o2)cc1. The fourth-order valence-electron chi connectivity index (χ4n) is 2.33. The predicted molar refractivity (Wildman–Crippen MR) is 80.0 cm³/mol. The molecule has 0 atom stereocenters. The van der Waals surface area contributed by atoms with Gasteiger partial charge >= 0.3 is 0 Å². The molecule has 0 radical (unpaired) electrons. The number of hydrogen-bond donors (Lipinski definition) is 2. The minimum absolute atomic E-state index is 0.0913. The maximum absolute atomic E-state index is 12.2. The van der Waals surface area contributed by atoms with E-state index in [1.165, 1.54) is 6.42 Å². The molecule has 110 valence electrons. The van der Waals surface area contributed by atoms with Crippen LogP contribution in [0.1, 0.15) is 29.6 Å². The minimum Gasteiger partial charge on any atom is -0.409 e. The fraction of sp³-hybridized carbons (Fsp3) is 0.357. The number of nitrogens with zero attached hydrogens (tertiary/aromatic N) is 2. The molecule has 2 heterocycles. The summed E-state index contributed by atoms with van der Waals surface area (Å²) < 4.78 is 5.23. The Bertz CT molecular complexity index is 671. The van der Waals surface area contributed by atoms with Crippen molar-refractivity contribution < 1.29 is 9.21 Å². The van der Waals surface area contributed by atoms with E-state index in [4.69, 9.17) is 16.6 Å². The van der Waals surface area contributed by atoms with Crippen LogP contribution in [0.5, 0.6) is 0 Å². The monoisotopic (exact) mass is 304 g/mol. The molecule has 7 heteroatoms. The van der Waals surface area contributed by atoms with E-state index >= 15 is 0 Å². The lowest BCUT2D eigenvalue weighted by Crippen LogP contribution is -2.45. The summed E-state index contributed by atoms with van der Waals surface area (Å²) in [6.45, 7) is 1.83. The summed E-state index contributed by atoms with van der Waals surface area (Å²) in [5.41, 5.74) is 4.32. The number of piperidine rings is 1. The number of amides is 1. The number of rotatable bonds is 3. The number of nitrogens with one attached hydrogen (secondary N) is 2. The van der Waals surface area contributed by atoms with Crippen molar-refractivity contribution in [2.45, 2.75) is 19.3 Å². The van der Waals surface area contributed by atoms with Gasteiger partial charge in [0.2, 0.25) is 5.89 Å². The molecule has 1 fully saturated rings. The quantitative estimate of drug-likeness (QED) is 0.852. The van der Waals surface area contributed by atoms with Crippen LogP contribution in [0, 0.1) is 4.84 Å². The molecule has 1 aliphatic heterocycles. The molecular weight excluding hydrogens is 288 g/mol. The van der Waals surface area contributed by atoms with Gasteiger partial charge in [0.25, 0.3) is 10.7 Å². The van der Waals surface area contributed by atoms with Gasteiger partial charge in [-0.3, -0.25) is 10.2 Å². The molecule has 3 rings (SSSR count). The van der Waals surface area contributed by atoms with Crippen molar-refractivity contribution in [3.8, 4) is 11.5 Å². The number of H-pyrrole nitrogens is 1. The Labute approximate surface area is 127 Å². The molecule has 21 heavy (non-hydrogen) atoms. The number of aromatic amines is 1. The van der Waals surface area contributed by atoms with Crippen molar-refractivity contribution in [3.63, 3.8) is 0 Å². The van der Waals surface area contributed by atoms with Crippen molar-refractivity contribution in [3.05, 3.63) is 34.7 Å². The van der Waals surface area contributed by atoms with Gasteiger partial charge in [0.15, 0.2) is 0 Å². The van der Waals surface area contributed by atoms with Crippen LogP contribution in [0.2, 0.25) is 0 Å². The Morgan fingerprint density at radius 2 is 1.95 bits per heavy atom. The Morgan fingerprint density at radius 3 is 2.57 bits per heavy atom. The number of aromatic nitrogens is 2. The molecule has 2 N–H and O–H groups in total. The Morgan fingerprint density at radius 1 is 1.24 bits per heavy atom. The maximum Gasteiger partial charge on any atom is 0.284 e. The normalized spacial score (nSPS) is 15.8. The number of carbonyl (C=O) groups is 1. The van der Waals surface area contributed by atoms with E-state index in [-0.39, 0.29) is 10.7 Å². The highest BCUT2D eigenvalue weighted by atomic mass is 32.1. The fourth-order valence-corrected chi connectivity index (χ4v) is 2.46. The molecular formula is C14H16N4O2S. The zero-order valence-corrected chi connectivity index (χ0v) is 12.3. The van der Waals surface area contributed by atoms with Gasteiger partial charge < -0.3 is 4.42 Å². The smallest absolute Gasteiger partial charge is 0.284 e. The Hall–Kier alpha value is -1.99. The van der Waals surface area contributed by atoms with Crippen molar-refractivity contribution in [2.75, 3.05) is 13.1 Å². The standard InChI is InChI=1S/C14H16N4O2S/c19-12(17-18-8-2-1-3-9-18)10-4-6-11(7-5-10)13-15-16-14(21)20-13/h4-7H,1-3,8-9H2,(H,16,21)(H,17,19). The molecule has 0 bridgehead atoms. The van der Waals surface area contributed by atoms with E-state index in [9.17, 15) is 4.79 Å². The van der Waals surface area contributed by atoms with Crippen molar-refractivity contribution in [1.82, 2.24) is 20.6 Å². The van der Waals surface area contributed by atoms with Gasteiger partial charge in [-0.25, -0.2) is 10.1 Å². The molecule has 0 aliphatic carbocycles. The summed E-state index contributed by atoms with van der Waals surface area (Å²) >= 11 is 4.84. The van der Waals surface area contributed by atoms with Crippen molar-refractivity contribution >= 4 is 18.1 Å². The molecule has 0 unspecified atom stereocenters. The number of benzene rings is 1. The largest absolute Gasteiger partial charge is 0.409 e. The lowest BCUT2D eigenvalue weighted by molar-refractivity contribution is 0.0750. The van der Waals surface area contributed by atoms with Crippen LogP contribution >= 0.6 is 12.2 Å². The molecule has 0 spiro atoms. The van der Waals surface area contributed by atoms with E-state index in [2.05, 4.69) is 15.6 Å². The van der Waals surface area contributed by atoms with E-state index in [0.717, 1.165) is 31.5 Å². The van der Waals surface area contributed by atoms with E-state index in [1.807, 2.05) is 5.01 Å². The molecule has 1 aliphatic rings. The first-order chi connectivity index (χ1) is 10.2. The summed E-state index contributed by atoms with van der Waals surface area (Å²) in [6.07, 6.45) is 3.49. The summed E-state index contributed by atoms with van der Waals surface area (Å²) in [5.74, 6) is 0.328. The topological polar surface area (TPSA) is 74.2 Å². The third-order valence-electron chi connectivity index (χ3n) is 3.45. The summed E-state index contributed by atoms with van der Waals surface area (Å²) in [7, 11) is 0. The van der Waals surface area contributed by atoms with Crippen LogP contribution < -0.4 is 5.43 Å². The van der Waals surface area contributed by atoms with Crippen LogP contribution in [0.15, 0.2) is 28.7 Å². The first-order valence-electron chi connectivity index (χ1n) is 6.94. The van der Waals surface area contributed by atoms with Crippen LogP contribution in [0.3, 0.4) is 0 Å². The average Bonchev–Trinajstić information content (AvgIpc) is 2.95. The van der Waals surface area contributed by atoms with Crippen LogP contribution in [-0.2, 0) is 0 Å². The third-order valence-corrected chi connectivity index (χ3v) is 3.62. The number of hydrazine groups is 1. The van der Waals surface area contributed by atoms with Gasteiger partial charge in [-0.15, -0.1) is 5.10 Å².